The lowest BCUT2D eigenvalue weighted by molar-refractivity contribution is -0.141. The molecule has 1 rings (SSSR count). The van der Waals surface area contributed by atoms with Gasteiger partial charge in [-0.2, -0.15) is 25.3 Å². The van der Waals surface area contributed by atoms with Crippen LogP contribution in [0, 0.1) is 17.8 Å². The Kier molecular flexibility index (Phi) is 36.9. The molecule has 11 atom stereocenters. The average Bonchev–Trinajstić information content (AvgIpc) is 3.48. The van der Waals surface area contributed by atoms with Gasteiger partial charge in [0.2, 0.25) is 53.2 Å². The minimum atomic E-state index is -1.50. The molecule has 0 aliphatic rings. The van der Waals surface area contributed by atoms with Crippen molar-refractivity contribution in [1.82, 2.24) is 47.9 Å². The van der Waals surface area contributed by atoms with Crippen molar-refractivity contribution in [3.63, 3.8) is 0 Å². The van der Waals surface area contributed by atoms with Crippen LogP contribution in [0.2, 0.25) is 0 Å². The summed E-state index contributed by atoms with van der Waals surface area (Å²) in [6, 6.07) is -4.02. The smallest absolute Gasteiger partial charge is 0.327 e. The van der Waals surface area contributed by atoms with Crippen molar-refractivity contribution >= 4 is 84.4 Å². The number of carboxylic acids is 1. The molecule has 0 spiro atoms. The summed E-state index contributed by atoms with van der Waals surface area (Å²) in [6.45, 7) is 13.2. The van der Waals surface area contributed by atoms with Crippen LogP contribution in [0.4, 0.5) is 0 Å². The van der Waals surface area contributed by atoms with Gasteiger partial charge in [0.1, 0.15) is 54.4 Å². The Morgan fingerprint density at radius 3 is 1.13 bits per heavy atom. The predicted octanol–water partition coefficient (Wildman–Crippen LogP) is -1.23. The summed E-state index contributed by atoms with van der Waals surface area (Å²) in [7, 11) is 0. The number of benzene rings is 1. The SMILES string of the molecule is CC(C)C[C@H](NC(=O)[C@H](CC(C)C)NC(=O)[C@H](CC(C)C)NC(=O)[C@H](Cc1ccccc1)NC(=O)[C@H](CCCCN)NC(=O)[C@H](CS)NC(=O)[C@H](CCCCN)NC(=O)[C@@H](NC(=O)[C@@H](N)CCCCN)[C@@H](C)O)C(=O)N[C@@H](CS)C(=O)O. The minimum absolute atomic E-state index is 0.0370. The van der Waals surface area contributed by atoms with E-state index in [2.05, 4.69) is 73.1 Å². The third kappa shape index (κ3) is 29.1. The molecule has 1 aromatic carbocycles. The fraction of sp³-hybridized carbons (Fsp3) is 0.709. The first-order valence-corrected chi connectivity index (χ1v) is 29.8. The van der Waals surface area contributed by atoms with Crippen LogP contribution >= 0.6 is 25.3 Å². The number of unbranched alkanes of at least 4 members (excludes halogenated alkanes) is 3. The number of rotatable bonds is 42. The Morgan fingerprint density at radius 2 is 0.756 bits per heavy atom. The molecule has 0 saturated carbocycles. The van der Waals surface area contributed by atoms with Crippen molar-refractivity contribution in [2.45, 2.75) is 198 Å². The lowest BCUT2D eigenvalue weighted by Crippen LogP contribution is -2.61. The van der Waals surface area contributed by atoms with E-state index in [0.717, 1.165) is 0 Å². The predicted molar refractivity (Wildman–Crippen MR) is 320 cm³/mol. The number of aliphatic hydroxyl groups excluding tert-OH is 1. The minimum Gasteiger partial charge on any atom is -0.480 e. The van der Waals surface area contributed by atoms with Gasteiger partial charge >= 0.3 is 5.97 Å². The topological polar surface area (TPSA) is 424 Å². The number of carboxylic acid groups (broad SMARTS) is 1. The molecule has 0 aliphatic carbocycles. The average molecular weight is 1200 g/mol. The maximum Gasteiger partial charge on any atom is 0.327 e. The summed E-state index contributed by atoms with van der Waals surface area (Å²) in [5.41, 5.74) is 23.7. The van der Waals surface area contributed by atoms with E-state index in [1.54, 1.807) is 30.3 Å². The highest BCUT2D eigenvalue weighted by atomic mass is 32.1. The Bertz CT molecular complexity index is 2160. The molecule has 0 bridgehead atoms. The lowest BCUT2D eigenvalue weighted by atomic mass is 9.98. The van der Waals surface area contributed by atoms with E-state index in [9.17, 15) is 58.2 Å². The van der Waals surface area contributed by atoms with E-state index < -0.39 is 126 Å². The van der Waals surface area contributed by atoms with E-state index in [4.69, 9.17) is 22.9 Å². The summed E-state index contributed by atoms with van der Waals surface area (Å²) in [5.74, 6) is -9.19. The van der Waals surface area contributed by atoms with Gasteiger partial charge in [-0.3, -0.25) is 43.2 Å². The first-order chi connectivity index (χ1) is 38.7. The van der Waals surface area contributed by atoms with Crippen molar-refractivity contribution in [2.75, 3.05) is 31.1 Å². The number of hydrogen-bond acceptors (Lipinski definition) is 17. The normalized spacial score (nSPS) is 15.4. The Morgan fingerprint density at radius 1 is 0.427 bits per heavy atom. The van der Waals surface area contributed by atoms with E-state index in [1.807, 2.05) is 41.5 Å². The van der Waals surface area contributed by atoms with Gasteiger partial charge in [-0.05, 0) is 121 Å². The quantitative estimate of drug-likeness (QED) is 0.0269. The molecule has 1 aromatic rings. The molecule has 0 saturated heterocycles. The molecule has 0 aromatic heterocycles. The molecule has 466 valence electrons. The zero-order chi connectivity index (χ0) is 62.1. The molecule has 27 heteroatoms. The van der Waals surface area contributed by atoms with Gasteiger partial charge < -0.3 is 81.0 Å². The molecule has 0 aliphatic heterocycles. The monoisotopic (exact) mass is 1200 g/mol. The van der Waals surface area contributed by atoms with E-state index in [1.165, 1.54) is 6.92 Å². The number of amides is 9. The van der Waals surface area contributed by atoms with Gasteiger partial charge in [-0.15, -0.1) is 0 Å². The highest BCUT2D eigenvalue weighted by Gasteiger charge is 2.36. The second-order valence-corrected chi connectivity index (χ2v) is 22.7. The van der Waals surface area contributed by atoms with Gasteiger partial charge in [0.15, 0.2) is 0 Å². The van der Waals surface area contributed by atoms with Crippen LogP contribution in [0.25, 0.3) is 0 Å². The zero-order valence-corrected chi connectivity index (χ0v) is 50.7. The molecule has 82 heavy (non-hydrogen) atoms. The zero-order valence-electron chi connectivity index (χ0n) is 48.9. The summed E-state index contributed by atoms with van der Waals surface area (Å²) in [6.07, 6.45) is 2.06. The largest absolute Gasteiger partial charge is 0.480 e. The van der Waals surface area contributed by atoms with E-state index in [0.29, 0.717) is 50.6 Å². The molecule has 0 fully saturated rings. The molecule has 19 N–H and O–H groups in total. The number of thiol groups is 2. The van der Waals surface area contributed by atoms with Crippen LogP contribution in [0.15, 0.2) is 30.3 Å². The molecule has 0 radical (unpaired) electrons. The highest BCUT2D eigenvalue weighted by Crippen LogP contribution is 2.14. The molecule has 0 unspecified atom stereocenters. The maximum atomic E-state index is 14.6. The summed E-state index contributed by atoms with van der Waals surface area (Å²) < 4.78 is 0. The van der Waals surface area contributed by atoms with Crippen LogP contribution in [0.5, 0.6) is 0 Å². The van der Waals surface area contributed by atoms with Crippen LogP contribution in [0.3, 0.4) is 0 Å². The summed E-state index contributed by atoms with van der Waals surface area (Å²) in [5, 5.41) is 43.8. The van der Waals surface area contributed by atoms with Crippen molar-refractivity contribution in [3.05, 3.63) is 35.9 Å². The van der Waals surface area contributed by atoms with Gasteiger partial charge in [0.25, 0.3) is 0 Å². The molecular formula is C55H97N13O12S2. The van der Waals surface area contributed by atoms with E-state index in [-0.39, 0.29) is 87.3 Å². The Hall–Kier alpha value is -5.58. The number of nitrogens with two attached hydrogens (primary N) is 4. The van der Waals surface area contributed by atoms with Gasteiger partial charge in [0.05, 0.1) is 12.1 Å². The van der Waals surface area contributed by atoms with Crippen molar-refractivity contribution in [3.8, 4) is 0 Å². The van der Waals surface area contributed by atoms with Crippen molar-refractivity contribution in [1.29, 1.82) is 0 Å². The Balaban J connectivity index is 3.56. The Labute approximate surface area is 494 Å². The molecule has 9 amide bonds. The molecular weight excluding hydrogens is 1100 g/mol. The van der Waals surface area contributed by atoms with Crippen molar-refractivity contribution in [2.24, 2.45) is 40.7 Å². The first-order valence-electron chi connectivity index (χ1n) is 28.5. The lowest BCUT2D eigenvalue weighted by Gasteiger charge is -2.29. The fourth-order valence-corrected chi connectivity index (χ4v) is 9.05. The van der Waals surface area contributed by atoms with Gasteiger partial charge in [-0.1, -0.05) is 78.3 Å². The second-order valence-electron chi connectivity index (χ2n) is 22.0. The first kappa shape index (κ1) is 74.4. The standard InChI is InChI=1S/C55H97N13O12S2/c1-31(2)25-39(49(73)63-41(27-33(5)6)51(75)67-44(30-82)55(79)80)62-50(74)40(26-32(3)4)64-52(76)42(28-35-17-9-8-10-18-35)65-47(71)37(20-12-15-23-57)60-53(77)43(29-81)66-48(72)38(21-13-16-24-58)61-54(78)45(34(7)69)68-46(70)36(59)19-11-14-22-56/h8-10,17-18,31-34,36-45,69,81-82H,11-16,19-30,56-59H2,1-7H3,(H,60,77)(H,61,78)(H,62,74)(H,63,73)(H,64,76)(H,65,71)(H,66,72)(H,67,75)(H,68,70)(H,79,80)/t34-,36+,37+,38+,39+,40+,41+,42+,43+,44+,45+/m1/s1. The number of hydrogen-bond donors (Lipinski definition) is 17. The van der Waals surface area contributed by atoms with Gasteiger partial charge in [0, 0.05) is 17.9 Å². The van der Waals surface area contributed by atoms with Crippen LogP contribution < -0.4 is 70.8 Å². The van der Waals surface area contributed by atoms with Crippen LogP contribution in [0.1, 0.15) is 131 Å². The second kappa shape index (κ2) is 40.6. The molecule has 25 nitrogen and oxygen atoms in total. The maximum absolute atomic E-state index is 14.6. The van der Waals surface area contributed by atoms with Gasteiger partial charge in [-0.25, -0.2) is 4.79 Å². The number of nitrogens with one attached hydrogen (secondary N) is 9. The van der Waals surface area contributed by atoms with Crippen molar-refractivity contribution < 1.29 is 58.2 Å². The summed E-state index contributed by atoms with van der Waals surface area (Å²) in [4.78, 5) is 137. The third-order valence-electron chi connectivity index (χ3n) is 13.1. The number of aliphatic hydroxyl groups is 1. The molecule has 0 heterocycles. The van der Waals surface area contributed by atoms with Crippen LogP contribution in [-0.2, 0) is 54.4 Å². The fourth-order valence-electron chi connectivity index (χ4n) is 8.54. The number of carbonyl (C=O) groups is 10. The number of aliphatic carboxylic acids is 1. The highest BCUT2D eigenvalue weighted by molar-refractivity contribution is 7.80. The summed E-state index contributed by atoms with van der Waals surface area (Å²) >= 11 is 8.36. The third-order valence-corrected chi connectivity index (χ3v) is 13.8. The number of carbonyl (C=O) groups excluding carboxylic acids is 9. The van der Waals surface area contributed by atoms with E-state index >= 15 is 0 Å². The van der Waals surface area contributed by atoms with Crippen LogP contribution in [-0.4, -0.2) is 167 Å².